The maximum Gasteiger partial charge on any atom is 0.166 e. The summed E-state index contributed by atoms with van der Waals surface area (Å²) < 4.78 is 18.8. The maximum absolute atomic E-state index is 7.25. The second kappa shape index (κ2) is 25.7. The van der Waals surface area contributed by atoms with Crippen molar-refractivity contribution in [2.24, 2.45) is 0 Å². The van der Waals surface area contributed by atoms with Crippen molar-refractivity contribution in [2.45, 2.75) is 0 Å². The lowest BCUT2D eigenvalue weighted by Crippen LogP contribution is -2.04. The first kappa shape index (κ1) is 65.5. The van der Waals surface area contributed by atoms with Crippen LogP contribution in [0.4, 0.5) is 0 Å². The molecule has 25 aromatic rings. The average Bonchev–Trinajstić information content (AvgIpc) is 1.56. The molecule has 0 aliphatic carbocycles. The first-order valence-electron chi connectivity index (χ1n) is 39.8. The highest BCUT2D eigenvalue weighted by atomic mass is 16.3. The van der Waals surface area contributed by atoms with Crippen LogP contribution < -0.4 is 0 Å². The number of fused-ring (bicyclic) bond motifs is 19. The number of rotatable bonds is 10. The van der Waals surface area contributed by atoms with E-state index in [-0.39, 0.29) is 0 Å². The zero-order chi connectivity index (χ0) is 77.2. The third-order valence-corrected chi connectivity index (χ3v) is 24.1. The van der Waals surface area contributed by atoms with Crippen LogP contribution in [0.15, 0.2) is 385 Å². The zero-order valence-electron chi connectivity index (χ0n) is 63.2. The molecule has 0 saturated carbocycles. The lowest BCUT2D eigenvalue weighted by molar-refractivity contribution is 0.668. The van der Waals surface area contributed by atoms with Gasteiger partial charge in [-0.2, -0.15) is 0 Å². The molecule has 6 aromatic heterocycles. The molecule has 0 aliphatic heterocycles. The van der Waals surface area contributed by atoms with Crippen LogP contribution >= 0.6 is 0 Å². The SMILES string of the molecule is c1cc(-c2cccc(-c3nc(-c4cc5oc6ccccc6c5cc4-n4c5ccccc5c5cc6ccccc6cc54)nc(-c4cccc5ccccc45)n3)c2)cc(-c2ccc3c(c2)oc2cc(-c4nc(-c5ccc6c(ccc7ccccc76)c5)nc(-c5cccc6ccccc56)n4)c(-n4c5ccccc5c5cc6ccccc6cc54)cc23)c1. The van der Waals surface area contributed by atoms with Crippen LogP contribution in [0.5, 0.6) is 0 Å². The summed E-state index contributed by atoms with van der Waals surface area (Å²) in [5.41, 5.74) is 18.2. The highest BCUT2D eigenvalue weighted by Gasteiger charge is 2.27. The third-order valence-electron chi connectivity index (χ3n) is 24.1. The Morgan fingerprint density at radius 1 is 0.161 bits per heavy atom. The Labute approximate surface area is 673 Å². The average molecular weight is 1500 g/mol. The molecule has 0 aliphatic rings. The summed E-state index contributed by atoms with van der Waals surface area (Å²) in [7, 11) is 0. The fourth-order valence-corrected chi connectivity index (χ4v) is 18.5. The van der Waals surface area contributed by atoms with Crippen molar-refractivity contribution in [2.75, 3.05) is 0 Å². The Balaban J connectivity index is 0.648. The van der Waals surface area contributed by atoms with Crippen LogP contribution in [0.2, 0.25) is 0 Å². The molecule has 6 heterocycles. The van der Waals surface area contributed by atoms with Crippen molar-refractivity contribution in [3.05, 3.63) is 376 Å². The van der Waals surface area contributed by atoms with E-state index in [0.29, 0.717) is 40.5 Å². The number of nitrogens with zero attached hydrogens (tertiary/aromatic N) is 8. The quantitative estimate of drug-likeness (QED) is 0.124. The number of aromatic nitrogens is 8. The molecule has 0 N–H and O–H groups in total. The zero-order valence-corrected chi connectivity index (χ0v) is 63.2. The van der Waals surface area contributed by atoms with Crippen LogP contribution in [0, 0.1) is 0 Å². The lowest BCUT2D eigenvalue weighted by atomic mass is 9.97. The second-order valence-corrected chi connectivity index (χ2v) is 30.8. The number of furan rings is 2. The topological polar surface area (TPSA) is 113 Å². The molecular weight excluding hydrogens is 1440 g/mol. The monoisotopic (exact) mass is 1500 g/mol. The van der Waals surface area contributed by atoms with E-state index in [2.05, 4.69) is 373 Å². The molecule has 0 radical (unpaired) electrons. The molecule has 118 heavy (non-hydrogen) atoms. The number of hydrogen-bond donors (Lipinski definition) is 0. The van der Waals surface area contributed by atoms with E-state index in [9.17, 15) is 0 Å². The number of hydrogen-bond acceptors (Lipinski definition) is 8. The molecule has 10 heteroatoms. The number of benzene rings is 19. The molecular formula is C108H62N8O2. The minimum Gasteiger partial charge on any atom is -0.456 e. The van der Waals surface area contributed by atoms with E-state index in [4.69, 9.17) is 38.7 Å². The number of para-hydroxylation sites is 3. The Hall–Kier alpha value is -16.0. The first-order valence-corrected chi connectivity index (χ1v) is 39.8. The Bertz CT molecular complexity index is 8610. The normalized spacial score (nSPS) is 12.1. The molecule has 0 unspecified atom stereocenters. The Morgan fingerprint density at radius 2 is 0.508 bits per heavy atom. The summed E-state index contributed by atoms with van der Waals surface area (Å²) in [6, 6.07) is 134. The molecule has 10 nitrogen and oxygen atoms in total. The Morgan fingerprint density at radius 3 is 1.06 bits per heavy atom. The fourth-order valence-electron chi connectivity index (χ4n) is 18.5. The van der Waals surface area contributed by atoms with Crippen molar-refractivity contribution in [3.63, 3.8) is 0 Å². The van der Waals surface area contributed by atoms with Gasteiger partial charge in [0.1, 0.15) is 22.3 Å². The summed E-state index contributed by atoms with van der Waals surface area (Å²) in [6.07, 6.45) is 0. The van der Waals surface area contributed by atoms with Crippen LogP contribution in [0.3, 0.4) is 0 Å². The van der Waals surface area contributed by atoms with Gasteiger partial charge in [-0.05, 0) is 184 Å². The van der Waals surface area contributed by atoms with Gasteiger partial charge in [-0.1, -0.05) is 279 Å². The van der Waals surface area contributed by atoms with Crippen molar-refractivity contribution in [1.29, 1.82) is 0 Å². The summed E-state index contributed by atoms with van der Waals surface area (Å²) in [5.74, 6) is 3.23. The summed E-state index contributed by atoms with van der Waals surface area (Å²) in [5, 5.41) is 22.1. The maximum atomic E-state index is 7.25. The minimum absolute atomic E-state index is 0.509. The largest absolute Gasteiger partial charge is 0.456 e. The van der Waals surface area contributed by atoms with Crippen molar-refractivity contribution in [1.82, 2.24) is 39.0 Å². The van der Waals surface area contributed by atoms with Crippen LogP contribution in [-0.4, -0.2) is 39.0 Å². The van der Waals surface area contributed by atoms with Crippen molar-refractivity contribution >= 4 is 152 Å². The van der Waals surface area contributed by atoms with Gasteiger partial charge < -0.3 is 18.0 Å². The van der Waals surface area contributed by atoms with E-state index >= 15 is 0 Å². The van der Waals surface area contributed by atoms with Crippen LogP contribution in [0.25, 0.3) is 254 Å². The van der Waals surface area contributed by atoms with Crippen molar-refractivity contribution in [3.8, 4) is 102 Å². The summed E-state index contributed by atoms with van der Waals surface area (Å²) in [4.78, 5) is 33.3. The molecule has 0 saturated heterocycles. The van der Waals surface area contributed by atoms with Gasteiger partial charge in [-0.25, -0.2) is 29.9 Å². The Kier molecular flexibility index (Phi) is 14.3. The minimum atomic E-state index is 0.509. The predicted octanol–water partition coefficient (Wildman–Crippen LogP) is 28.3. The van der Waals surface area contributed by atoms with E-state index in [1.807, 2.05) is 12.1 Å². The molecule has 25 rings (SSSR count). The highest BCUT2D eigenvalue weighted by Crippen LogP contribution is 2.47. The van der Waals surface area contributed by atoms with Crippen LogP contribution in [0.1, 0.15) is 0 Å². The summed E-state index contributed by atoms with van der Waals surface area (Å²) >= 11 is 0. The third kappa shape index (κ3) is 10.4. The van der Waals surface area contributed by atoms with Gasteiger partial charge in [0.05, 0.1) is 33.4 Å². The second-order valence-electron chi connectivity index (χ2n) is 30.8. The van der Waals surface area contributed by atoms with E-state index in [1.54, 1.807) is 0 Å². The fraction of sp³-hybridized carbons (Fsp3) is 0. The highest BCUT2D eigenvalue weighted by molar-refractivity contribution is 6.18. The van der Waals surface area contributed by atoms with Gasteiger partial charge in [-0.15, -0.1) is 0 Å². The predicted molar refractivity (Wildman–Crippen MR) is 485 cm³/mol. The summed E-state index contributed by atoms with van der Waals surface area (Å²) in [6.45, 7) is 0. The lowest BCUT2D eigenvalue weighted by Gasteiger charge is -2.16. The van der Waals surface area contributed by atoms with Gasteiger partial charge in [-0.3, -0.25) is 0 Å². The van der Waals surface area contributed by atoms with Gasteiger partial charge in [0.15, 0.2) is 34.9 Å². The molecule has 0 amide bonds. The van der Waals surface area contributed by atoms with Gasteiger partial charge in [0, 0.05) is 76.5 Å². The van der Waals surface area contributed by atoms with Gasteiger partial charge >= 0.3 is 0 Å². The van der Waals surface area contributed by atoms with Crippen molar-refractivity contribution < 1.29 is 8.83 Å². The van der Waals surface area contributed by atoms with Gasteiger partial charge in [0.2, 0.25) is 0 Å². The molecule has 0 bridgehead atoms. The molecule has 0 spiro atoms. The van der Waals surface area contributed by atoms with E-state index in [0.717, 1.165) is 192 Å². The molecule has 0 atom stereocenters. The van der Waals surface area contributed by atoms with Crippen LogP contribution in [-0.2, 0) is 0 Å². The standard InChI is InChI=1S/C108H62N8O2/c1-3-26-71-56-95-87(54-69(71)24-1)81-37-11-14-42-93(81)115(95)97-59-89-83-39-13-16-44-99(83)117-101(89)61-91(97)107-111-103(109-105(113-107)85-40-19-28-63-21-5-9-35-78(63)85)75-33-18-32-68(52-75)66-30-17-31-67(51-66)73-47-50-84-90-60-98(116-94-43-15-12-38-82(94)88-55-70-25-2-4-27-72(70)57-96(88)116)92(62-102(90)118-100(84)58-73)108-112-104(110-106(114-108)86-41-20-29-64-22-6-10-36-79(64)86)76-48-49-80-74(53-76)46-45-65-23-7-8-34-77(65)80/h1-62H. The van der Waals surface area contributed by atoms with E-state index < -0.39 is 0 Å². The molecule has 0 fully saturated rings. The molecule has 19 aromatic carbocycles. The smallest absolute Gasteiger partial charge is 0.166 e. The van der Waals surface area contributed by atoms with Gasteiger partial charge in [0.25, 0.3) is 0 Å². The van der Waals surface area contributed by atoms with E-state index in [1.165, 1.54) is 21.5 Å². The first-order chi connectivity index (χ1) is 58.4. The molecule has 546 valence electrons.